The van der Waals surface area contributed by atoms with Gasteiger partial charge in [-0.1, -0.05) is 65.0 Å². The number of carbonyl (C=O) groups excluding carboxylic acids is 1. The average Bonchev–Trinajstić information content (AvgIpc) is 2.50. The maximum Gasteiger partial charge on any atom is 0.513 e. The van der Waals surface area contributed by atoms with Gasteiger partial charge in [-0.05, 0) is 36.5 Å². The Morgan fingerprint density at radius 2 is 1.73 bits per heavy atom. The third-order valence-corrected chi connectivity index (χ3v) is 3.66. The van der Waals surface area contributed by atoms with Crippen LogP contribution in [0.4, 0.5) is 4.79 Å². The Hall–Kier alpha value is -1.51. The molecule has 0 radical (unpaired) electrons. The number of aryl methyl sites for hydroxylation is 1. The number of rotatable bonds is 10. The summed E-state index contributed by atoms with van der Waals surface area (Å²) in [5.74, 6) is 0.659. The number of ether oxygens (including phenoxy) is 2. The number of benzene rings is 1. The van der Waals surface area contributed by atoms with Gasteiger partial charge in [0.1, 0.15) is 5.75 Å². The summed E-state index contributed by atoms with van der Waals surface area (Å²) in [6.45, 7) is 6.90. The Labute approximate surface area is 135 Å². The van der Waals surface area contributed by atoms with Crippen molar-refractivity contribution >= 4 is 6.16 Å². The van der Waals surface area contributed by atoms with Gasteiger partial charge in [0.2, 0.25) is 0 Å². The van der Waals surface area contributed by atoms with Crippen LogP contribution >= 0.6 is 0 Å². The van der Waals surface area contributed by atoms with Crippen LogP contribution in [0.3, 0.4) is 0 Å². The van der Waals surface area contributed by atoms with Gasteiger partial charge in [-0.2, -0.15) is 0 Å². The summed E-state index contributed by atoms with van der Waals surface area (Å²) in [6, 6.07) is 5.94. The summed E-state index contributed by atoms with van der Waals surface area (Å²) < 4.78 is 10.6. The Balaban J connectivity index is 2.59. The minimum Gasteiger partial charge on any atom is -0.434 e. The lowest BCUT2D eigenvalue weighted by Crippen LogP contribution is -2.13. The molecule has 0 bridgehead atoms. The molecule has 0 fully saturated rings. The Morgan fingerprint density at radius 3 is 2.41 bits per heavy atom. The molecule has 0 N–H and O–H groups in total. The summed E-state index contributed by atoms with van der Waals surface area (Å²) in [5, 5.41) is 0. The van der Waals surface area contributed by atoms with E-state index in [1.54, 1.807) is 0 Å². The molecular formula is C19H30O3. The van der Waals surface area contributed by atoms with Crippen molar-refractivity contribution in [3.63, 3.8) is 0 Å². The van der Waals surface area contributed by atoms with Crippen LogP contribution in [-0.2, 0) is 17.6 Å². The van der Waals surface area contributed by atoms with Crippen LogP contribution in [0, 0.1) is 0 Å². The molecule has 0 atom stereocenters. The monoisotopic (exact) mass is 306 g/mol. The number of hydrogen-bond donors (Lipinski definition) is 0. The predicted molar refractivity (Wildman–Crippen MR) is 90.6 cm³/mol. The van der Waals surface area contributed by atoms with Crippen LogP contribution in [0.5, 0.6) is 5.75 Å². The van der Waals surface area contributed by atoms with Crippen molar-refractivity contribution in [3.05, 3.63) is 29.3 Å². The molecule has 1 aromatic rings. The molecule has 0 saturated carbocycles. The Bertz CT molecular complexity index is 440. The third kappa shape index (κ3) is 6.50. The fourth-order valence-electron chi connectivity index (χ4n) is 2.55. The Kier molecular flexibility index (Phi) is 9.36. The van der Waals surface area contributed by atoms with Crippen LogP contribution in [0.1, 0.15) is 70.4 Å². The fraction of sp³-hybridized carbons (Fsp3) is 0.632. The van der Waals surface area contributed by atoms with Gasteiger partial charge in [0.25, 0.3) is 0 Å². The summed E-state index contributed by atoms with van der Waals surface area (Å²) in [5.41, 5.74) is 2.42. The first kappa shape index (κ1) is 18.5. The molecule has 3 heteroatoms. The lowest BCUT2D eigenvalue weighted by atomic mass is 9.99. The molecule has 0 heterocycles. The summed E-state index contributed by atoms with van der Waals surface area (Å²) in [4.78, 5) is 11.8. The van der Waals surface area contributed by atoms with Crippen LogP contribution in [0.25, 0.3) is 0 Å². The van der Waals surface area contributed by atoms with E-state index in [0.717, 1.165) is 44.1 Å². The lowest BCUT2D eigenvalue weighted by Gasteiger charge is -2.14. The molecule has 0 aliphatic heterocycles. The third-order valence-electron chi connectivity index (χ3n) is 3.66. The van der Waals surface area contributed by atoms with E-state index in [4.69, 9.17) is 9.47 Å². The largest absolute Gasteiger partial charge is 0.513 e. The molecule has 0 aliphatic rings. The quantitative estimate of drug-likeness (QED) is 0.316. The molecule has 0 amide bonds. The normalized spacial score (nSPS) is 10.5. The molecule has 124 valence electrons. The molecule has 1 aromatic carbocycles. The van der Waals surface area contributed by atoms with Crippen molar-refractivity contribution in [2.75, 3.05) is 6.61 Å². The van der Waals surface area contributed by atoms with E-state index >= 15 is 0 Å². The van der Waals surface area contributed by atoms with Gasteiger partial charge in [0.15, 0.2) is 0 Å². The number of carbonyl (C=O) groups is 1. The van der Waals surface area contributed by atoms with E-state index < -0.39 is 6.16 Å². The van der Waals surface area contributed by atoms with E-state index in [9.17, 15) is 4.79 Å². The van der Waals surface area contributed by atoms with Gasteiger partial charge < -0.3 is 9.47 Å². The second-order valence-corrected chi connectivity index (χ2v) is 5.66. The molecule has 0 saturated heterocycles. The zero-order valence-electron chi connectivity index (χ0n) is 14.3. The number of unbranched alkanes of at least 4 members (excludes halogenated alkanes) is 3. The van der Waals surface area contributed by atoms with Crippen LogP contribution in [-0.4, -0.2) is 12.8 Å². The lowest BCUT2D eigenvalue weighted by molar-refractivity contribution is 0.0969. The van der Waals surface area contributed by atoms with Crippen molar-refractivity contribution in [1.82, 2.24) is 0 Å². The van der Waals surface area contributed by atoms with Crippen molar-refractivity contribution in [2.24, 2.45) is 0 Å². The van der Waals surface area contributed by atoms with E-state index in [1.165, 1.54) is 18.4 Å². The molecule has 22 heavy (non-hydrogen) atoms. The first-order valence-electron chi connectivity index (χ1n) is 8.68. The molecule has 0 aromatic heterocycles. The van der Waals surface area contributed by atoms with Gasteiger partial charge in [0.05, 0.1) is 6.61 Å². The van der Waals surface area contributed by atoms with Gasteiger partial charge in [0, 0.05) is 0 Å². The minimum atomic E-state index is -0.581. The summed E-state index contributed by atoms with van der Waals surface area (Å²) in [7, 11) is 0. The minimum absolute atomic E-state index is 0.441. The van der Waals surface area contributed by atoms with Gasteiger partial charge in [-0.25, -0.2) is 4.79 Å². The highest BCUT2D eigenvalue weighted by Gasteiger charge is 2.13. The average molecular weight is 306 g/mol. The molecule has 0 spiro atoms. The molecular weight excluding hydrogens is 276 g/mol. The zero-order chi connectivity index (χ0) is 16.2. The number of hydrogen-bond acceptors (Lipinski definition) is 3. The predicted octanol–water partition coefficient (Wildman–Crippen LogP) is 5.69. The molecule has 1 rings (SSSR count). The van der Waals surface area contributed by atoms with Crippen LogP contribution in [0.2, 0.25) is 0 Å². The van der Waals surface area contributed by atoms with Crippen LogP contribution in [0.15, 0.2) is 18.2 Å². The Morgan fingerprint density at radius 1 is 0.955 bits per heavy atom. The first-order valence-corrected chi connectivity index (χ1v) is 8.68. The summed E-state index contributed by atoms with van der Waals surface area (Å²) in [6.07, 6.45) is 7.83. The van der Waals surface area contributed by atoms with E-state index in [-0.39, 0.29) is 0 Å². The maximum absolute atomic E-state index is 11.8. The first-order chi connectivity index (χ1) is 10.7. The van der Waals surface area contributed by atoms with E-state index in [0.29, 0.717) is 12.4 Å². The van der Waals surface area contributed by atoms with Crippen molar-refractivity contribution in [3.8, 4) is 5.75 Å². The standard InChI is InChI=1S/C19H30O3/c1-4-7-8-9-15-21-19(20)22-18-14-10-13-16(11-5-2)17(18)12-6-3/h10,13-14H,4-9,11-12,15H2,1-3H3. The topological polar surface area (TPSA) is 35.5 Å². The van der Waals surface area contributed by atoms with Gasteiger partial charge in [-0.15, -0.1) is 0 Å². The van der Waals surface area contributed by atoms with E-state index in [1.807, 2.05) is 12.1 Å². The van der Waals surface area contributed by atoms with Crippen molar-refractivity contribution in [2.45, 2.75) is 72.1 Å². The second-order valence-electron chi connectivity index (χ2n) is 5.66. The SMILES string of the molecule is CCCCCCOC(=O)Oc1cccc(CCC)c1CCC. The highest BCUT2D eigenvalue weighted by atomic mass is 16.7. The maximum atomic E-state index is 11.8. The van der Waals surface area contributed by atoms with Gasteiger partial charge in [-0.3, -0.25) is 0 Å². The fourth-order valence-corrected chi connectivity index (χ4v) is 2.55. The molecule has 3 nitrogen and oxygen atoms in total. The van der Waals surface area contributed by atoms with Crippen LogP contribution < -0.4 is 4.74 Å². The van der Waals surface area contributed by atoms with Crippen molar-refractivity contribution in [1.29, 1.82) is 0 Å². The second kappa shape index (κ2) is 11.1. The zero-order valence-corrected chi connectivity index (χ0v) is 14.3. The smallest absolute Gasteiger partial charge is 0.434 e. The highest BCUT2D eigenvalue weighted by molar-refractivity contribution is 5.65. The summed E-state index contributed by atoms with van der Waals surface area (Å²) >= 11 is 0. The van der Waals surface area contributed by atoms with E-state index in [2.05, 4.69) is 26.8 Å². The van der Waals surface area contributed by atoms with Crippen molar-refractivity contribution < 1.29 is 14.3 Å². The van der Waals surface area contributed by atoms with Gasteiger partial charge >= 0.3 is 6.16 Å². The molecule has 0 unspecified atom stereocenters. The molecule has 0 aliphatic carbocycles. The highest BCUT2D eigenvalue weighted by Crippen LogP contribution is 2.25.